The van der Waals surface area contributed by atoms with E-state index in [0.717, 1.165) is 23.1 Å². The van der Waals surface area contributed by atoms with E-state index >= 15 is 0 Å². The number of halogens is 1. The van der Waals surface area contributed by atoms with Crippen LogP contribution in [-0.4, -0.2) is 21.9 Å². The molecule has 2 aromatic heterocycles. The number of carbonyl (C=O) groups is 1. The minimum Gasteiger partial charge on any atom is -0.342 e. The van der Waals surface area contributed by atoms with Gasteiger partial charge in [-0.3, -0.25) is 4.79 Å². The predicted molar refractivity (Wildman–Crippen MR) is 87.2 cm³/mol. The molecule has 3 nitrogen and oxygen atoms in total. The lowest BCUT2D eigenvalue weighted by Gasteiger charge is -2.21. The van der Waals surface area contributed by atoms with Gasteiger partial charge in [0.25, 0.3) is 5.91 Å². The summed E-state index contributed by atoms with van der Waals surface area (Å²) in [6.07, 6.45) is 2.99. The molecule has 0 fully saturated rings. The Morgan fingerprint density at radius 3 is 2.85 bits per heavy atom. The third-order valence-electron chi connectivity index (χ3n) is 3.14. The highest BCUT2D eigenvalue weighted by molar-refractivity contribution is 9.10. The van der Waals surface area contributed by atoms with Crippen LogP contribution in [0.15, 0.2) is 34.2 Å². The van der Waals surface area contributed by atoms with Crippen molar-refractivity contribution in [3.8, 4) is 0 Å². The number of hydrogen-bond acceptors (Lipinski definition) is 2. The van der Waals surface area contributed by atoms with Gasteiger partial charge in [0.1, 0.15) is 5.69 Å². The average Bonchev–Trinajstić information content (AvgIpc) is 3.05. The molecule has 5 heteroatoms. The maximum atomic E-state index is 12.7. The first kappa shape index (κ1) is 15.3. The molecule has 0 atom stereocenters. The van der Waals surface area contributed by atoms with Gasteiger partial charge in [-0.25, -0.2) is 0 Å². The molecule has 0 aliphatic rings. The van der Waals surface area contributed by atoms with Crippen LogP contribution in [0.3, 0.4) is 0 Å². The Morgan fingerprint density at radius 2 is 2.25 bits per heavy atom. The Morgan fingerprint density at radius 1 is 1.45 bits per heavy atom. The molecule has 0 saturated heterocycles. The first-order chi connectivity index (χ1) is 9.65. The molecule has 108 valence electrons. The van der Waals surface area contributed by atoms with E-state index in [2.05, 4.69) is 28.9 Å². The molecule has 1 amide bonds. The summed E-state index contributed by atoms with van der Waals surface area (Å²) in [6, 6.07) is 6.01. The summed E-state index contributed by atoms with van der Waals surface area (Å²) in [7, 11) is 0. The summed E-state index contributed by atoms with van der Waals surface area (Å²) in [5.74, 6) is 0.0973. The van der Waals surface area contributed by atoms with Crippen molar-refractivity contribution in [2.24, 2.45) is 0 Å². The van der Waals surface area contributed by atoms with Gasteiger partial charge in [0.05, 0.1) is 6.54 Å². The lowest BCUT2D eigenvalue weighted by atomic mass is 10.3. The summed E-state index contributed by atoms with van der Waals surface area (Å²) in [4.78, 5) is 15.8. The van der Waals surface area contributed by atoms with Crippen molar-refractivity contribution >= 4 is 33.2 Å². The minimum absolute atomic E-state index is 0.0973. The van der Waals surface area contributed by atoms with Crippen LogP contribution in [0.4, 0.5) is 0 Å². The molecule has 0 unspecified atom stereocenters. The standard InChI is InChI=1S/C15H19BrN2OS/c1-3-7-18-10-12(16)9-14(18)15(19)17(4-2)11-13-6-5-8-20-13/h5-6,8-10H,3-4,7,11H2,1-2H3. The van der Waals surface area contributed by atoms with E-state index in [-0.39, 0.29) is 5.91 Å². The SMILES string of the molecule is CCCn1cc(Br)cc1C(=O)N(CC)Cc1cccs1. The first-order valence-corrected chi connectivity index (χ1v) is 8.50. The molecule has 0 bridgehead atoms. The van der Waals surface area contributed by atoms with Gasteiger partial charge in [-0.05, 0) is 46.8 Å². The number of hydrogen-bond donors (Lipinski definition) is 0. The maximum Gasteiger partial charge on any atom is 0.270 e. The summed E-state index contributed by atoms with van der Waals surface area (Å²) >= 11 is 5.15. The molecule has 20 heavy (non-hydrogen) atoms. The minimum atomic E-state index is 0.0973. The van der Waals surface area contributed by atoms with Crippen molar-refractivity contribution in [3.05, 3.63) is 44.8 Å². The van der Waals surface area contributed by atoms with E-state index in [1.54, 1.807) is 11.3 Å². The van der Waals surface area contributed by atoms with Gasteiger partial charge in [0, 0.05) is 28.6 Å². The Bertz CT molecular complexity index is 562. The van der Waals surface area contributed by atoms with Crippen LogP contribution < -0.4 is 0 Å². The van der Waals surface area contributed by atoms with E-state index in [0.29, 0.717) is 13.1 Å². The Labute approximate surface area is 132 Å². The number of thiophene rings is 1. The van der Waals surface area contributed by atoms with Crippen molar-refractivity contribution in [1.29, 1.82) is 0 Å². The highest BCUT2D eigenvalue weighted by Crippen LogP contribution is 2.19. The molecule has 0 spiro atoms. The molecule has 0 aliphatic heterocycles. The van der Waals surface area contributed by atoms with Gasteiger partial charge in [-0.15, -0.1) is 11.3 Å². The molecule has 2 rings (SSSR count). The number of aryl methyl sites for hydroxylation is 1. The van der Waals surface area contributed by atoms with Gasteiger partial charge in [0.15, 0.2) is 0 Å². The second kappa shape index (κ2) is 7.09. The summed E-state index contributed by atoms with van der Waals surface area (Å²) < 4.78 is 2.99. The average molecular weight is 355 g/mol. The van der Waals surface area contributed by atoms with E-state index < -0.39 is 0 Å². The largest absolute Gasteiger partial charge is 0.342 e. The molecule has 0 radical (unpaired) electrons. The van der Waals surface area contributed by atoms with Crippen molar-refractivity contribution in [2.75, 3.05) is 6.54 Å². The van der Waals surface area contributed by atoms with E-state index in [1.165, 1.54) is 4.88 Å². The second-order valence-corrected chi connectivity index (χ2v) is 6.58. The third-order valence-corrected chi connectivity index (χ3v) is 4.44. The van der Waals surface area contributed by atoms with Crippen molar-refractivity contribution in [2.45, 2.75) is 33.4 Å². The summed E-state index contributed by atoms with van der Waals surface area (Å²) in [5, 5.41) is 2.05. The van der Waals surface area contributed by atoms with E-state index in [9.17, 15) is 4.79 Å². The lowest BCUT2D eigenvalue weighted by molar-refractivity contribution is 0.0743. The van der Waals surface area contributed by atoms with Crippen molar-refractivity contribution in [1.82, 2.24) is 9.47 Å². The summed E-state index contributed by atoms with van der Waals surface area (Å²) in [6.45, 7) is 6.40. The highest BCUT2D eigenvalue weighted by Gasteiger charge is 2.19. The normalized spacial score (nSPS) is 10.8. The monoisotopic (exact) mass is 354 g/mol. The number of nitrogens with zero attached hydrogens (tertiary/aromatic N) is 2. The molecule has 2 aromatic rings. The molecule has 0 N–H and O–H groups in total. The smallest absolute Gasteiger partial charge is 0.270 e. The molecule has 0 aromatic carbocycles. The quantitative estimate of drug-likeness (QED) is 0.755. The highest BCUT2D eigenvalue weighted by atomic mass is 79.9. The van der Waals surface area contributed by atoms with Crippen molar-refractivity contribution in [3.63, 3.8) is 0 Å². The maximum absolute atomic E-state index is 12.7. The second-order valence-electron chi connectivity index (χ2n) is 4.64. The fourth-order valence-corrected chi connectivity index (χ4v) is 3.34. The first-order valence-electron chi connectivity index (χ1n) is 6.83. The van der Waals surface area contributed by atoms with E-state index in [4.69, 9.17) is 0 Å². The molecule has 2 heterocycles. The van der Waals surface area contributed by atoms with Crippen molar-refractivity contribution < 1.29 is 4.79 Å². The van der Waals surface area contributed by atoms with Gasteiger partial charge in [0.2, 0.25) is 0 Å². The lowest BCUT2D eigenvalue weighted by Crippen LogP contribution is -2.31. The Kier molecular flexibility index (Phi) is 5.43. The zero-order valence-corrected chi connectivity index (χ0v) is 14.2. The van der Waals surface area contributed by atoms with E-state index in [1.807, 2.05) is 40.1 Å². The number of amides is 1. The van der Waals surface area contributed by atoms with Crippen LogP contribution in [0.25, 0.3) is 0 Å². The van der Waals surface area contributed by atoms with Crippen LogP contribution in [0, 0.1) is 0 Å². The third kappa shape index (κ3) is 3.52. The molecule has 0 saturated carbocycles. The predicted octanol–water partition coefficient (Wildman–Crippen LogP) is 4.38. The zero-order chi connectivity index (χ0) is 14.5. The van der Waals surface area contributed by atoms with Crippen LogP contribution in [0.5, 0.6) is 0 Å². The van der Waals surface area contributed by atoms with Gasteiger partial charge < -0.3 is 9.47 Å². The van der Waals surface area contributed by atoms with Crippen LogP contribution in [0.2, 0.25) is 0 Å². The molecule has 0 aliphatic carbocycles. The van der Waals surface area contributed by atoms with Crippen LogP contribution in [-0.2, 0) is 13.1 Å². The fourth-order valence-electron chi connectivity index (χ4n) is 2.16. The number of carbonyl (C=O) groups excluding carboxylic acids is 1. The number of aromatic nitrogens is 1. The van der Waals surface area contributed by atoms with Crippen LogP contribution in [0.1, 0.15) is 35.6 Å². The summed E-state index contributed by atoms with van der Waals surface area (Å²) in [5.41, 5.74) is 0.761. The Hall–Kier alpha value is -1.07. The van der Waals surface area contributed by atoms with Crippen LogP contribution >= 0.6 is 27.3 Å². The van der Waals surface area contributed by atoms with Gasteiger partial charge in [-0.2, -0.15) is 0 Å². The zero-order valence-electron chi connectivity index (χ0n) is 11.8. The molecular formula is C15H19BrN2OS. The topological polar surface area (TPSA) is 25.2 Å². The Balaban J connectivity index is 2.19. The van der Waals surface area contributed by atoms with Gasteiger partial charge >= 0.3 is 0 Å². The fraction of sp³-hybridized carbons (Fsp3) is 0.400. The van der Waals surface area contributed by atoms with Gasteiger partial charge in [-0.1, -0.05) is 13.0 Å². The number of rotatable bonds is 6. The molecular weight excluding hydrogens is 336 g/mol.